The van der Waals surface area contributed by atoms with Gasteiger partial charge in [-0.2, -0.15) is 5.10 Å². The minimum absolute atomic E-state index is 0.397. The van der Waals surface area contributed by atoms with Gasteiger partial charge in [0.1, 0.15) is 6.34 Å². The summed E-state index contributed by atoms with van der Waals surface area (Å²) >= 11 is 0. The van der Waals surface area contributed by atoms with Crippen molar-refractivity contribution in [2.45, 2.75) is 13.8 Å². The summed E-state index contributed by atoms with van der Waals surface area (Å²) in [6.07, 6.45) is 1.20. The lowest BCUT2D eigenvalue weighted by Gasteiger charge is -2.05. The Morgan fingerprint density at radius 2 is 2.33 bits per heavy atom. The van der Waals surface area contributed by atoms with Crippen LogP contribution in [0.25, 0.3) is 0 Å². The van der Waals surface area contributed by atoms with Crippen molar-refractivity contribution in [1.29, 1.82) is 0 Å². The molecule has 0 heterocycles. The smallest absolute Gasteiger partial charge is 0.106 e. The lowest BCUT2D eigenvalue weighted by molar-refractivity contribution is 0.679. The van der Waals surface area contributed by atoms with Crippen molar-refractivity contribution < 1.29 is 0 Å². The highest BCUT2D eigenvalue weighted by Gasteiger charge is 1.94. The van der Waals surface area contributed by atoms with E-state index < -0.39 is 0 Å². The molecule has 0 aromatic heterocycles. The van der Waals surface area contributed by atoms with E-state index in [2.05, 4.69) is 17.1 Å². The zero-order valence-electron chi connectivity index (χ0n) is 5.89. The van der Waals surface area contributed by atoms with Crippen LogP contribution in [0.1, 0.15) is 13.8 Å². The molecule has 9 heavy (non-hydrogen) atoms. The van der Waals surface area contributed by atoms with E-state index in [1.165, 1.54) is 6.34 Å². The first-order chi connectivity index (χ1) is 4.18. The van der Waals surface area contributed by atoms with Crippen LogP contribution in [0.4, 0.5) is 0 Å². The number of hydrazone groups is 1. The topological polar surface area (TPSA) is 50.4 Å². The number of hydrogen-bond donors (Lipinski definition) is 2. The molecule has 3 N–H and O–H groups in total. The molecule has 52 valence electrons. The SMILES string of the molecule is C=C(N/N=C\N)C(C)C. The highest BCUT2D eigenvalue weighted by atomic mass is 15.3. The molecule has 0 atom stereocenters. The normalized spacial score (nSPS) is 10.6. The van der Waals surface area contributed by atoms with Gasteiger partial charge in [-0.05, 0) is 5.92 Å². The van der Waals surface area contributed by atoms with E-state index in [-0.39, 0.29) is 0 Å². The van der Waals surface area contributed by atoms with Crippen molar-refractivity contribution in [2.24, 2.45) is 16.8 Å². The Balaban J connectivity index is 3.51. The maximum Gasteiger partial charge on any atom is 0.106 e. The Morgan fingerprint density at radius 3 is 2.67 bits per heavy atom. The second-order valence-electron chi connectivity index (χ2n) is 2.07. The fourth-order valence-electron chi connectivity index (χ4n) is 0.249. The van der Waals surface area contributed by atoms with Crippen LogP contribution < -0.4 is 11.2 Å². The fourth-order valence-corrected chi connectivity index (χ4v) is 0.249. The standard InChI is InChI=1S/C6H13N3/c1-5(2)6(3)9-8-4-7/h4-5,9H,3H2,1-2H3,(H2,7,8). The molecule has 0 amide bonds. The summed E-state index contributed by atoms with van der Waals surface area (Å²) in [5.74, 6) is 0.397. The average molecular weight is 127 g/mol. The summed E-state index contributed by atoms with van der Waals surface area (Å²) in [5, 5.41) is 3.60. The lowest BCUT2D eigenvalue weighted by Crippen LogP contribution is -2.10. The van der Waals surface area contributed by atoms with Gasteiger partial charge >= 0.3 is 0 Å². The van der Waals surface area contributed by atoms with Crippen molar-refractivity contribution in [3.8, 4) is 0 Å². The van der Waals surface area contributed by atoms with Gasteiger partial charge in [0, 0.05) is 5.70 Å². The Kier molecular flexibility index (Phi) is 3.51. The van der Waals surface area contributed by atoms with Crippen LogP contribution in [-0.2, 0) is 0 Å². The summed E-state index contributed by atoms with van der Waals surface area (Å²) in [7, 11) is 0. The quantitative estimate of drug-likeness (QED) is 0.332. The van der Waals surface area contributed by atoms with E-state index in [0.29, 0.717) is 5.92 Å². The van der Waals surface area contributed by atoms with E-state index in [9.17, 15) is 0 Å². The van der Waals surface area contributed by atoms with Crippen LogP contribution in [0.5, 0.6) is 0 Å². The van der Waals surface area contributed by atoms with Gasteiger partial charge in [0.2, 0.25) is 0 Å². The first-order valence-corrected chi connectivity index (χ1v) is 2.86. The number of nitrogens with two attached hydrogens (primary N) is 1. The molecule has 0 rings (SSSR count). The second-order valence-corrected chi connectivity index (χ2v) is 2.07. The highest BCUT2D eigenvalue weighted by molar-refractivity contribution is 5.50. The number of allylic oxidation sites excluding steroid dienone is 1. The van der Waals surface area contributed by atoms with Crippen molar-refractivity contribution in [1.82, 2.24) is 5.43 Å². The van der Waals surface area contributed by atoms with Crippen molar-refractivity contribution in [3.05, 3.63) is 12.3 Å². The van der Waals surface area contributed by atoms with Crippen LogP contribution in [0.15, 0.2) is 17.4 Å². The molecule has 3 nitrogen and oxygen atoms in total. The van der Waals surface area contributed by atoms with Gasteiger partial charge in [0.05, 0.1) is 0 Å². The molecule has 0 aromatic carbocycles. The molecule has 0 unspecified atom stereocenters. The second kappa shape index (κ2) is 3.95. The van der Waals surface area contributed by atoms with Crippen molar-refractivity contribution >= 4 is 6.34 Å². The van der Waals surface area contributed by atoms with E-state index in [1.807, 2.05) is 13.8 Å². The molecule has 0 aliphatic carbocycles. The number of nitrogens with one attached hydrogen (secondary N) is 1. The summed E-state index contributed by atoms with van der Waals surface area (Å²) in [4.78, 5) is 0. The Labute approximate surface area is 55.6 Å². The van der Waals surface area contributed by atoms with Gasteiger partial charge in [-0.1, -0.05) is 20.4 Å². The predicted octanol–water partition coefficient (Wildman–Crippen LogP) is 0.648. The molecule has 0 saturated carbocycles. The summed E-state index contributed by atoms with van der Waals surface area (Å²) in [5.41, 5.74) is 8.54. The molecule has 0 radical (unpaired) electrons. The number of nitrogens with zero attached hydrogens (tertiary/aromatic N) is 1. The molecule has 0 aliphatic rings. The van der Waals surface area contributed by atoms with Crippen LogP contribution in [0.3, 0.4) is 0 Å². The molecular weight excluding hydrogens is 114 g/mol. The van der Waals surface area contributed by atoms with Gasteiger partial charge < -0.3 is 5.73 Å². The van der Waals surface area contributed by atoms with Crippen molar-refractivity contribution in [2.75, 3.05) is 0 Å². The Morgan fingerprint density at radius 1 is 1.78 bits per heavy atom. The first kappa shape index (κ1) is 8.01. The largest absolute Gasteiger partial charge is 0.388 e. The zero-order valence-corrected chi connectivity index (χ0v) is 5.89. The zero-order chi connectivity index (χ0) is 7.28. The average Bonchev–Trinajstić information content (AvgIpc) is 1.82. The Hall–Kier alpha value is -0.990. The van der Waals surface area contributed by atoms with Gasteiger partial charge in [-0.15, -0.1) is 0 Å². The van der Waals surface area contributed by atoms with Crippen molar-refractivity contribution in [3.63, 3.8) is 0 Å². The monoisotopic (exact) mass is 127 g/mol. The van der Waals surface area contributed by atoms with Crippen LogP contribution >= 0.6 is 0 Å². The van der Waals surface area contributed by atoms with Gasteiger partial charge in [0.15, 0.2) is 0 Å². The summed E-state index contributed by atoms with van der Waals surface area (Å²) < 4.78 is 0. The first-order valence-electron chi connectivity index (χ1n) is 2.86. The van der Waals surface area contributed by atoms with E-state index >= 15 is 0 Å². The minimum Gasteiger partial charge on any atom is -0.388 e. The third-order valence-corrected chi connectivity index (χ3v) is 0.980. The Bertz CT molecular complexity index is 115. The number of hydrogen-bond acceptors (Lipinski definition) is 2. The fraction of sp³-hybridized carbons (Fsp3) is 0.500. The third-order valence-electron chi connectivity index (χ3n) is 0.980. The van der Waals surface area contributed by atoms with Crippen LogP contribution in [0.2, 0.25) is 0 Å². The summed E-state index contributed by atoms with van der Waals surface area (Å²) in [6, 6.07) is 0. The molecule has 0 saturated heterocycles. The predicted molar refractivity (Wildman–Crippen MR) is 39.8 cm³/mol. The maximum atomic E-state index is 4.98. The molecule has 0 spiro atoms. The summed E-state index contributed by atoms with van der Waals surface area (Å²) in [6.45, 7) is 7.77. The lowest BCUT2D eigenvalue weighted by atomic mass is 10.2. The van der Waals surface area contributed by atoms with Gasteiger partial charge in [-0.3, -0.25) is 5.43 Å². The number of rotatable bonds is 3. The molecule has 0 fully saturated rings. The molecule has 3 heteroatoms. The molecule has 0 aromatic rings. The van der Waals surface area contributed by atoms with Crippen LogP contribution in [0, 0.1) is 5.92 Å². The highest BCUT2D eigenvalue weighted by Crippen LogP contribution is 2.00. The maximum absolute atomic E-state index is 4.98. The van der Waals surface area contributed by atoms with Gasteiger partial charge in [-0.25, -0.2) is 0 Å². The minimum atomic E-state index is 0.397. The van der Waals surface area contributed by atoms with E-state index in [0.717, 1.165) is 5.70 Å². The van der Waals surface area contributed by atoms with Crippen LogP contribution in [-0.4, -0.2) is 6.34 Å². The molecule has 0 aliphatic heterocycles. The van der Waals surface area contributed by atoms with E-state index in [4.69, 9.17) is 5.73 Å². The molecular formula is C6H13N3. The third kappa shape index (κ3) is 3.58. The van der Waals surface area contributed by atoms with E-state index in [1.54, 1.807) is 0 Å². The van der Waals surface area contributed by atoms with Gasteiger partial charge in [0.25, 0.3) is 0 Å². The molecule has 0 bridgehead atoms.